The summed E-state index contributed by atoms with van der Waals surface area (Å²) in [6, 6.07) is 9.82. The molecule has 1 heterocycles. The van der Waals surface area contributed by atoms with Crippen molar-refractivity contribution in [1.29, 1.82) is 0 Å². The van der Waals surface area contributed by atoms with Gasteiger partial charge in [-0.25, -0.2) is 0 Å². The highest BCUT2D eigenvalue weighted by Gasteiger charge is 2.45. The quantitative estimate of drug-likeness (QED) is 0.933. The zero-order valence-corrected chi connectivity index (χ0v) is 13.4. The number of amides is 1. The van der Waals surface area contributed by atoms with E-state index in [1.807, 2.05) is 35.2 Å². The van der Waals surface area contributed by atoms with Gasteiger partial charge in [0.2, 0.25) is 0 Å². The maximum Gasteiger partial charge on any atom is 0.254 e. The lowest BCUT2D eigenvalue weighted by Crippen LogP contribution is -2.50. The van der Waals surface area contributed by atoms with Gasteiger partial charge in [-0.2, -0.15) is 0 Å². The van der Waals surface area contributed by atoms with Crippen molar-refractivity contribution in [1.82, 2.24) is 4.90 Å². The van der Waals surface area contributed by atoms with Gasteiger partial charge in [-0.3, -0.25) is 4.79 Å². The Bertz CT molecular complexity index is 557. The van der Waals surface area contributed by atoms with Gasteiger partial charge >= 0.3 is 0 Å². The molecule has 2 aliphatic carbocycles. The first-order valence-corrected chi connectivity index (χ1v) is 8.93. The standard InChI is InChI=1S/C19H25NO3/c21-17-18(14-6-2-1-3-7-14)23-16-9-5-4-8-15(16)20(19(17)22)12-13-10-11-13/h1-3,6-7,13,15-18,21H,4-5,8-12H2/t15-,16-,17-,18+/m1/s1. The Balaban J connectivity index is 1.65. The number of carbonyl (C=O) groups is 1. The van der Waals surface area contributed by atoms with Crippen LogP contribution in [-0.2, 0) is 9.53 Å². The number of hydrogen-bond donors (Lipinski definition) is 1. The van der Waals surface area contributed by atoms with Crippen LogP contribution in [-0.4, -0.2) is 40.7 Å². The third-order valence-corrected chi connectivity index (χ3v) is 5.49. The first-order valence-electron chi connectivity index (χ1n) is 8.93. The second kappa shape index (κ2) is 6.25. The summed E-state index contributed by atoms with van der Waals surface area (Å²) >= 11 is 0. The molecule has 4 nitrogen and oxygen atoms in total. The minimum Gasteiger partial charge on any atom is -0.380 e. The summed E-state index contributed by atoms with van der Waals surface area (Å²) in [4.78, 5) is 14.9. The van der Waals surface area contributed by atoms with Crippen LogP contribution < -0.4 is 0 Å². The fourth-order valence-electron chi connectivity index (χ4n) is 4.03. The van der Waals surface area contributed by atoms with Gasteiger partial charge in [0.15, 0.2) is 6.10 Å². The summed E-state index contributed by atoms with van der Waals surface area (Å²) in [6.45, 7) is 0.794. The molecule has 1 aliphatic heterocycles. The third kappa shape index (κ3) is 3.02. The summed E-state index contributed by atoms with van der Waals surface area (Å²) in [6.07, 6.45) is 5.09. The van der Waals surface area contributed by atoms with Crippen molar-refractivity contribution >= 4 is 5.91 Å². The number of ether oxygens (including phenoxy) is 1. The van der Waals surface area contributed by atoms with Gasteiger partial charge in [-0.1, -0.05) is 43.2 Å². The fraction of sp³-hybridized carbons (Fsp3) is 0.632. The number of nitrogens with zero attached hydrogens (tertiary/aromatic N) is 1. The van der Waals surface area contributed by atoms with Gasteiger partial charge in [-0.05, 0) is 37.2 Å². The molecule has 4 rings (SSSR count). The summed E-state index contributed by atoms with van der Waals surface area (Å²) < 4.78 is 6.30. The molecular weight excluding hydrogens is 290 g/mol. The molecule has 2 saturated carbocycles. The maximum absolute atomic E-state index is 12.9. The van der Waals surface area contributed by atoms with Gasteiger partial charge < -0.3 is 14.7 Å². The number of carbonyl (C=O) groups excluding carboxylic acids is 1. The van der Waals surface area contributed by atoms with Crippen LogP contribution in [0.3, 0.4) is 0 Å². The number of rotatable bonds is 3. The lowest BCUT2D eigenvalue weighted by atomic mass is 9.91. The summed E-state index contributed by atoms with van der Waals surface area (Å²) in [5.74, 6) is 0.488. The second-order valence-corrected chi connectivity index (χ2v) is 7.24. The molecule has 3 aliphatic rings. The zero-order chi connectivity index (χ0) is 15.8. The lowest BCUT2D eigenvalue weighted by molar-refractivity contribution is -0.144. The molecule has 0 bridgehead atoms. The summed E-state index contributed by atoms with van der Waals surface area (Å²) in [5.41, 5.74) is 0.894. The molecule has 0 unspecified atom stereocenters. The molecule has 4 heteroatoms. The van der Waals surface area contributed by atoms with Crippen LogP contribution >= 0.6 is 0 Å². The SMILES string of the molecule is O=C1[C@H](O)[C@H](c2ccccc2)O[C@@H]2CCCC[C@H]2N1CC1CC1. The largest absolute Gasteiger partial charge is 0.380 e. The van der Waals surface area contributed by atoms with Crippen LogP contribution in [0.4, 0.5) is 0 Å². The van der Waals surface area contributed by atoms with Crippen molar-refractivity contribution in [2.45, 2.75) is 62.9 Å². The Morgan fingerprint density at radius 1 is 1.09 bits per heavy atom. The van der Waals surface area contributed by atoms with E-state index in [2.05, 4.69) is 0 Å². The second-order valence-electron chi connectivity index (χ2n) is 7.24. The minimum absolute atomic E-state index is 0.0498. The normalized spacial score (nSPS) is 34.8. The van der Waals surface area contributed by atoms with Crippen LogP contribution in [0.5, 0.6) is 0 Å². The number of aliphatic hydroxyl groups is 1. The third-order valence-electron chi connectivity index (χ3n) is 5.49. The molecule has 1 amide bonds. The van der Waals surface area contributed by atoms with Crippen LogP contribution in [0.25, 0.3) is 0 Å². The maximum atomic E-state index is 12.9. The molecule has 3 fully saturated rings. The molecule has 0 aromatic heterocycles. The monoisotopic (exact) mass is 315 g/mol. The molecule has 1 aromatic rings. The van der Waals surface area contributed by atoms with E-state index in [0.29, 0.717) is 5.92 Å². The Morgan fingerprint density at radius 3 is 2.57 bits per heavy atom. The van der Waals surface area contributed by atoms with Crippen LogP contribution in [0.15, 0.2) is 30.3 Å². The van der Waals surface area contributed by atoms with Crippen LogP contribution in [0, 0.1) is 5.92 Å². The van der Waals surface area contributed by atoms with Gasteiger partial charge in [0, 0.05) is 6.54 Å². The van der Waals surface area contributed by atoms with Gasteiger partial charge in [0.1, 0.15) is 6.10 Å². The van der Waals surface area contributed by atoms with E-state index in [-0.39, 0.29) is 18.1 Å². The Morgan fingerprint density at radius 2 is 1.83 bits per heavy atom. The van der Waals surface area contributed by atoms with Gasteiger partial charge in [-0.15, -0.1) is 0 Å². The smallest absolute Gasteiger partial charge is 0.254 e. The van der Waals surface area contributed by atoms with E-state index in [4.69, 9.17) is 4.74 Å². The fourth-order valence-corrected chi connectivity index (χ4v) is 4.03. The van der Waals surface area contributed by atoms with Crippen molar-refractivity contribution in [2.75, 3.05) is 6.54 Å². The van der Waals surface area contributed by atoms with E-state index >= 15 is 0 Å². The Kier molecular flexibility index (Phi) is 4.12. The predicted molar refractivity (Wildman–Crippen MR) is 86.8 cm³/mol. The molecular formula is C19H25NO3. The van der Waals surface area contributed by atoms with Crippen molar-refractivity contribution < 1.29 is 14.6 Å². The molecule has 0 radical (unpaired) electrons. The minimum atomic E-state index is -1.10. The van der Waals surface area contributed by atoms with Gasteiger partial charge in [0.05, 0.1) is 12.1 Å². The average Bonchev–Trinajstić information content (AvgIpc) is 3.42. The molecule has 23 heavy (non-hydrogen) atoms. The van der Waals surface area contributed by atoms with E-state index in [1.165, 1.54) is 12.8 Å². The molecule has 0 spiro atoms. The number of fused-ring (bicyclic) bond motifs is 1. The highest BCUT2D eigenvalue weighted by molar-refractivity contribution is 5.82. The summed E-state index contributed by atoms with van der Waals surface area (Å²) in [5, 5.41) is 10.7. The molecule has 1 saturated heterocycles. The molecule has 1 aromatic carbocycles. The topological polar surface area (TPSA) is 49.8 Å². The first-order chi connectivity index (χ1) is 11.2. The van der Waals surface area contributed by atoms with E-state index in [1.54, 1.807) is 0 Å². The predicted octanol–water partition coefficient (Wildman–Crippen LogP) is 2.67. The number of benzene rings is 1. The van der Waals surface area contributed by atoms with Crippen molar-refractivity contribution in [3.8, 4) is 0 Å². The van der Waals surface area contributed by atoms with Gasteiger partial charge in [0.25, 0.3) is 5.91 Å². The molecule has 124 valence electrons. The summed E-state index contributed by atoms with van der Waals surface area (Å²) in [7, 11) is 0. The molecule has 1 N–H and O–H groups in total. The Hall–Kier alpha value is -1.39. The van der Waals surface area contributed by atoms with Crippen molar-refractivity contribution in [2.24, 2.45) is 5.92 Å². The highest BCUT2D eigenvalue weighted by Crippen LogP contribution is 2.38. The van der Waals surface area contributed by atoms with Crippen molar-refractivity contribution in [3.05, 3.63) is 35.9 Å². The first kappa shape index (κ1) is 15.2. The van der Waals surface area contributed by atoms with Crippen LogP contribution in [0.2, 0.25) is 0 Å². The van der Waals surface area contributed by atoms with E-state index in [0.717, 1.165) is 37.8 Å². The average molecular weight is 315 g/mol. The number of hydrogen-bond acceptors (Lipinski definition) is 3. The Labute approximate surface area is 137 Å². The lowest BCUT2D eigenvalue weighted by Gasteiger charge is -2.37. The zero-order valence-electron chi connectivity index (χ0n) is 13.4. The van der Waals surface area contributed by atoms with Crippen molar-refractivity contribution in [3.63, 3.8) is 0 Å². The number of aliphatic hydroxyl groups excluding tert-OH is 1. The molecule has 4 atom stereocenters. The highest BCUT2D eigenvalue weighted by atomic mass is 16.5. The van der Waals surface area contributed by atoms with E-state index in [9.17, 15) is 9.90 Å². The van der Waals surface area contributed by atoms with E-state index < -0.39 is 12.2 Å². The van der Waals surface area contributed by atoms with Crippen LogP contribution in [0.1, 0.15) is 50.2 Å².